The summed E-state index contributed by atoms with van der Waals surface area (Å²) in [5.41, 5.74) is 5.73. The number of ether oxygens (including phenoxy) is 1. The van der Waals surface area contributed by atoms with E-state index in [1.165, 1.54) is 0 Å². The molecule has 1 aliphatic rings. The van der Waals surface area contributed by atoms with Gasteiger partial charge in [0.05, 0.1) is 18.7 Å². The monoisotopic (exact) mass is 200 g/mol. The summed E-state index contributed by atoms with van der Waals surface area (Å²) in [4.78, 5) is 11.5. The van der Waals surface area contributed by atoms with Crippen molar-refractivity contribution < 1.29 is 9.53 Å². The molecule has 1 amide bonds. The van der Waals surface area contributed by atoms with Crippen molar-refractivity contribution in [2.24, 2.45) is 5.73 Å². The van der Waals surface area contributed by atoms with E-state index in [0.29, 0.717) is 6.61 Å². The summed E-state index contributed by atoms with van der Waals surface area (Å²) in [6.07, 6.45) is 3.77. The molecule has 1 heterocycles. The number of nitrogens with two attached hydrogens (primary N) is 1. The summed E-state index contributed by atoms with van der Waals surface area (Å²) in [6, 6.07) is -0.175. The van der Waals surface area contributed by atoms with Gasteiger partial charge >= 0.3 is 0 Å². The number of carbonyl (C=O) groups excluding carboxylic acids is 1. The van der Waals surface area contributed by atoms with Gasteiger partial charge in [0.15, 0.2) is 0 Å². The number of carbonyl (C=O) groups is 1. The summed E-state index contributed by atoms with van der Waals surface area (Å²) in [6.45, 7) is 3.47. The Morgan fingerprint density at radius 2 is 2.50 bits per heavy atom. The lowest BCUT2D eigenvalue weighted by molar-refractivity contribution is -0.123. The fourth-order valence-corrected chi connectivity index (χ4v) is 1.51. The third-order valence-corrected chi connectivity index (χ3v) is 2.48. The molecular formula is C10H20N2O2. The lowest BCUT2D eigenvalue weighted by Crippen LogP contribution is -2.45. The van der Waals surface area contributed by atoms with Crippen molar-refractivity contribution in [2.75, 3.05) is 13.2 Å². The molecule has 1 rings (SSSR count). The van der Waals surface area contributed by atoms with Gasteiger partial charge in [-0.1, -0.05) is 19.8 Å². The van der Waals surface area contributed by atoms with E-state index >= 15 is 0 Å². The maximum absolute atomic E-state index is 11.5. The Hall–Kier alpha value is -0.610. The highest BCUT2D eigenvalue weighted by molar-refractivity contribution is 5.81. The van der Waals surface area contributed by atoms with Crippen LogP contribution in [0.25, 0.3) is 0 Å². The van der Waals surface area contributed by atoms with Crippen molar-refractivity contribution in [3.05, 3.63) is 0 Å². The summed E-state index contributed by atoms with van der Waals surface area (Å²) in [5, 5.41) is 2.90. The van der Waals surface area contributed by atoms with Crippen LogP contribution < -0.4 is 11.1 Å². The molecule has 0 saturated carbocycles. The largest absolute Gasteiger partial charge is 0.379 e. The number of hydrogen-bond acceptors (Lipinski definition) is 3. The number of nitrogens with one attached hydrogen (secondary N) is 1. The van der Waals surface area contributed by atoms with Gasteiger partial charge in [-0.25, -0.2) is 0 Å². The smallest absolute Gasteiger partial charge is 0.237 e. The molecule has 1 saturated heterocycles. The van der Waals surface area contributed by atoms with Gasteiger partial charge in [-0.3, -0.25) is 4.79 Å². The second-order valence-corrected chi connectivity index (χ2v) is 3.82. The molecule has 2 atom stereocenters. The van der Waals surface area contributed by atoms with Gasteiger partial charge in [0.1, 0.15) is 0 Å². The van der Waals surface area contributed by atoms with Crippen molar-refractivity contribution in [2.45, 2.75) is 44.7 Å². The second kappa shape index (κ2) is 5.98. The van der Waals surface area contributed by atoms with Crippen molar-refractivity contribution in [1.82, 2.24) is 5.32 Å². The minimum Gasteiger partial charge on any atom is -0.379 e. The minimum absolute atomic E-state index is 0.0334. The van der Waals surface area contributed by atoms with Crippen LogP contribution in [0.3, 0.4) is 0 Å². The molecule has 14 heavy (non-hydrogen) atoms. The zero-order valence-electron chi connectivity index (χ0n) is 8.79. The Kier molecular flexibility index (Phi) is 4.90. The van der Waals surface area contributed by atoms with E-state index in [4.69, 9.17) is 10.5 Å². The molecule has 2 unspecified atom stereocenters. The predicted octanol–water partition coefficient (Wildman–Crippen LogP) is 0.409. The fourth-order valence-electron chi connectivity index (χ4n) is 1.51. The lowest BCUT2D eigenvalue weighted by Gasteiger charge is -2.15. The molecule has 0 bridgehead atoms. The maximum atomic E-state index is 11.5. The van der Waals surface area contributed by atoms with Crippen molar-refractivity contribution in [1.29, 1.82) is 0 Å². The van der Waals surface area contributed by atoms with E-state index < -0.39 is 0 Å². The van der Waals surface area contributed by atoms with Crippen molar-refractivity contribution >= 4 is 5.91 Å². The van der Waals surface area contributed by atoms with Crippen LogP contribution in [0.1, 0.15) is 32.6 Å². The molecule has 0 aromatic rings. The molecule has 1 aliphatic heterocycles. The van der Waals surface area contributed by atoms with Crippen LogP contribution >= 0.6 is 0 Å². The molecule has 0 spiro atoms. The number of unbranched alkanes of at least 4 members (excludes halogenated alkanes) is 1. The first-order valence-corrected chi connectivity index (χ1v) is 5.37. The van der Waals surface area contributed by atoms with Gasteiger partial charge in [0.25, 0.3) is 0 Å². The molecule has 4 heteroatoms. The van der Waals surface area contributed by atoms with Gasteiger partial charge in [0.2, 0.25) is 5.91 Å². The Labute approximate surface area is 85.2 Å². The van der Waals surface area contributed by atoms with E-state index in [1.54, 1.807) is 0 Å². The molecule has 1 fully saturated rings. The predicted molar refractivity (Wildman–Crippen MR) is 54.9 cm³/mol. The average molecular weight is 200 g/mol. The van der Waals surface area contributed by atoms with E-state index in [-0.39, 0.29) is 18.0 Å². The van der Waals surface area contributed by atoms with Crippen LogP contribution in [0.15, 0.2) is 0 Å². The summed E-state index contributed by atoms with van der Waals surface area (Å²) >= 11 is 0. The summed E-state index contributed by atoms with van der Waals surface area (Å²) < 4.78 is 5.16. The third-order valence-electron chi connectivity index (χ3n) is 2.48. The topological polar surface area (TPSA) is 64.4 Å². The van der Waals surface area contributed by atoms with E-state index in [2.05, 4.69) is 12.2 Å². The number of rotatable bonds is 5. The first-order valence-electron chi connectivity index (χ1n) is 5.37. The average Bonchev–Trinajstić information content (AvgIpc) is 2.66. The molecular weight excluding hydrogens is 180 g/mol. The quantitative estimate of drug-likeness (QED) is 0.675. The van der Waals surface area contributed by atoms with Crippen LogP contribution in [-0.4, -0.2) is 31.2 Å². The maximum Gasteiger partial charge on any atom is 0.237 e. The Balaban J connectivity index is 2.18. The van der Waals surface area contributed by atoms with Gasteiger partial charge in [0, 0.05) is 6.61 Å². The summed E-state index contributed by atoms with van der Waals surface area (Å²) in [5.74, 6) is -0.0334. The van der Waals surface area contributed by atoms with Gasteiger partial charge < -0.3 is 15.8 Å². The van der Waals surface area contributed by atoms with Crippen LogP contribution in [0.2, 0.25) is 0 Å². The zero-order chi connectivity index (χ0) is 10.4. The van der Waals surface area contributed by atoms with Crippen molar-refractivity contribution in [3.63, 3.8) is 0 Å². The van der Waals surface area contributed by atoms with Crippen LogP contribution in [0.4, 0.5) is 0 Å². The molecule has 4 nitrogen and oxygen atoms in total. The lowest BCUT2D eigenvalue weighted by atomic mass is 10.1. The minimum atomic E-state index is -0.351. The Morgan fingerprint density at radius 3 is 3.07 bits per heavy atom. The van der Waals surface area contributed by atoms with E-state index in [0.717, 1.165) is 32.3 Å². The van der Waals surface area contributed by atoms with Crippen LogP contribution in [0, 0.1) is 0 Å². The first kappa shape index (κ1) is 11.5. The van der Waals surface area contributed by atoms with Gasteiger partial charge in [-0.2, -0.15) is 0 Å². The normalized spacial score (nSPS) is 23.4. The Morgan fingerprint density at radius 1 is 1.71 bits per heavy atom. The first-order chi connectivity index (χ1) is 6.74. The number of amides is 1. The summed E-state index contributed by atoms with van der Waals surface area (Å²) in [7, 11) is 0. The van der Waals surface area contributed by atoms with Gasteiger partial charge in [-0.15, -0.1) is 0 Å². The van der Waals surface area contributed by atoms with Crippen LogP contribution in [-0.2, 0) is 9.53 Å². The second-order valence-electron chi connectivity index (χ2n) is 3.82. The van der Waals surface area contributed by atoms with Crippen molar-refractivity contribution in [3.8, 4) is 0 Å². The molecule has 3 N–H and O–H groups in total. The SMILES string of the molecule is CCCCC(N)C(=O)NC1CCOC1. The molecule has 0 aliphatic carbocycles. The Bertz CT molecular complexity index is 179. The van der Waals surface area contributed by atoms with Gasteiger partial charge in [-0.05, 0) is 12.8 Å². The van der Waals surface area contributed by atoms with Crippen LogP contribution in [0.5, 0.6) is 0 Å². The standard InChI is InChI=1S/C10H20N2O2/c1-2-3-4-9(11)10(13)12-8-5-6-14-7-8/h8-9H,2-7,11H2,1H3,(H,12,13). The third kappa shape index (κ3) is 3.64. The van der Waals surface area contributed by atoms with E-state index in [1.807, 2.05) is 0 Å². The highest BCUT2D eigenvalue weighted by atomic mass is 16.5. The molecule has 82 valence electrons. The molecule has 0 aromatic carbocycles. The van der Waals surface area contributed by atoms with E-state index in [9.17, 15) is 4.79 Å². The fraction of sp³-hybridized carbons (Fsp3) is 0.900. The molecule has 0 radical (unpaired) electrons. The highest BCUT2D eigenvalue weighted by Gasteiger charge is 2.20. The highest BCUT2D eigenvalue weighted by Crippen LogP contribution is 2.04. The zero-order valence-corrected chi connectivity index (χ0v) is 8.79. The molecule has 0 aromatic heterocycles. The number of hydrogen-bond donors (Lipinski definition) is 2.